The van der Waals surface area contributed by atoms with Crippen molar-refractivity contribution in [1.29, 1.82) is 0 Å². The fourth-order valence-corrected chi connectivity index (χ4v) is 3.98. The Morgan fingerprint density at radius 3 is 2.31 bits per heavy atom. The molecule has 3 aromatic rings. The molecular formula is C23H22FN3O4S. The van der Waals surface area contributed by atoms with Crippen molar-refractivity contribution in [3.63, 3.8) is 0 Å². The van der Waals surface area contributed by atoms with Gasteiger partial charge in [-0.1, -0.05) is 48.5 Å². The number of halogens is 1. The molecule has 7 nitrogen and oxygen atoms in total. The van der Waals surface area contributed by atoms with Crippen LogP contribution in [-0.2, 0) is 26.0 Å². The molecule has 2 amide bonds. The highest BCUT2D eigenvalue weighted by Gasteiger charge is 2.17. The number of carbonyl (C=O) groups excluding carboxylic acids is 2. The number of nitrogens with one attached hydrogen (secondary N) is 3. The quantitative estimate of drug-likeness (QED) is 0.460. The van der Waals surface area contributed by atoms with E-state index < -0.39 is 15.8 Å². The van der Waals surface area contributed by atoms with E-state index in [1.54, 1.807) is 0 Å². The lowest BCUT2D eigenvalue weighted by Crippen LogP contribution is -2.28. The summed E-state index contributed by atoms with van der Waals surface area (Å²) in [5, 5.41) is 5.27. The summed E-state index contributed by atoms with van der Waals surface area (Å²) in [6.45, 7) is 0.143. The molecule has 32 heavy (non-hydrogen) atoms. The molecule has 166 valence electrons. The monoisotopic (exact) mass is 455 g/mol. The predicted octanol–water partition coefficient (Wildman–Crippen LogP) is 3.31. The Balaban J connectivity index is 1.53. The first-order valence-corrected chi connectivity index (χ1v) is 11.3. The Morgan fingerprint density at radius 1 is 0.844 bits per heavy atom. The van der Waals surface area contributed by atoms with E-state index in [1.807, 2.05) is 30.3 Å². The van der Waals surface area contributed by atoms with Gasteiger partial charge in [-0.15, -0.1) is 0 Å². The molecule has 0 aliphatic rings. The molecule has 0 aromatic heterocycles. The fourth-order valence-electron chi connectivity index (χ4n) is 2.87. The third-order valence-corrected chi connectivity index (χ3v) is 5.79. The zero-order valence-electron chi connectivity index (χ0n) is 17.0. The van der Waals surface area contributed by atoms with E-state index in [-0.39, 0.29) is 47.5 Å². The van der Waals surface area contributed by atoms with E-state index >= 15 is 0 Å². The first-order chi connectivity index (χ1) is 15.3. The normalized spacial score (nSPS) is 10.9. The maximum absolute atomic E-state index is 13.8. The van der Waals surface area contributed by atoms with Gasteiger partial charge in [-0.25, -0.2) is 12.8 Å². The summed E-state index contributed by atoms with van der Waals surface area (Å²) in [5.74, 6) is -1.28. The maximum atomic E-state index is 13.8. The molecule has 3 aromatic carbocycles. The largest absolute Gasteiger partial charge is 0.355 e. The van der Waals surface area contributed by atoms with Gasteiger partial charge < -0.3 is 10.6 Å². The number of anilines is 2. The second-order valence-electron chi connectivity index (χ2n) is 6.92. The Bertz CT molecular complexity index is 1200. The van der Waals surface area contributed by atoms with Crippen LogP contribution in [0.3, 0.4) is 0 Å². The first-order valence-electron chi connectivity index (χ1n) is 9.81. The summed E-state index contributed by atoms with van der Waals surface area (Å²) < 4.78 is 41.1. The molecule has 0 atom stereocenters. The minimum atomic E-state index is -4.05. The van der Waals surface area contributed by atoms with Gasteiger partial charge in [-0.05, 0) is 35.9 Å². The molecule has 9 heteroatoms. The van der Waals surface area contributed by atoms with Crippen molar-refractivity contribution >= 4 is 33.2 Å². The Labute approximate surface area is 185 Å². The molecule has 0 heterocycles. The lowest BCUT2D eigenvalue weighted by Gasteiger charge is -2.11. The summed E-state index contributed by atoms with van der Waals surface area (Å²) in [6.07, 6.45) is 0.238. The van der Waals surface area contributed by atoms with Crippen LogP contribution in [0.5, 0.6) is 0 Å². The number of benzene rings is 3. The number of amides is 2. The van der Waals surface area contributed by atoms with Crippen molar-refractivity contribution < 1.29 is 22.4 Å². The number of carbonyl (C=O) groups is 2. The van der Waals surface area contributed by atoms with E-state index in [0.29, 0.717) is 0 Å². The molecule has 0 aliphatic heterocycles. The van der Waals surface area contributed by atoms with Crippen molar-refractivity contribution in [2.75, 3.05) is 16.6 Å². The average molecular weight is 456 g/mol. The molecule has 0 fully saturated rings. The van der Waals surface area contributed by atoms with Crippen molar-refractivity contribution in [3.8, 4) is 0 Å². The number of rotatable bonds is 9. The van der Waals surface area contributed by atoms with Crippen LogP contribution in [0.25, 0.3) is 0 Å². The number of hydrogen-bond donors (Lipinski definition) is 3. The van der Waals surface area contributed by atoms with Crippen LogP contribution in [0, 0.1) is 5.82 Å². The van der Waals surface area contributed by atoms with Crippen molar-refractivity contribution in [1.82, 2.24) is 5.32 Å². The van der Waals surface area contributed by atoms with E-state index in [9.17, 15) is 22.4 Å². The zero-order chi connectivity index (χ0) is 23.0. The SMILES string of the molecule is O=C(Cc1ccccc1)NCCC(=O)Nc1cccc(S(=O)(=O)Nc2ccccc2F)c1. The van der Waals surface area contributed by atoms with Gasteiger partial charge in [0.15, 0.2) is 0 Å². The highest BCUT2D eigenvalue weighted by molar-refractivity contribution is 7.92. The number of sulfonamides is 1. The molecule has 0 saturated carbocycles. The summed E-state index contributed by atoms with van der Waals surface area (Å²) >= 11 is 0. The topological polar surface area (TPSA) is 104 Å². The molecule has 0 spiro atoms. The number of para-hydroxylation sites is 1. The van der Waals surface area contributed by atoms with Gasteiger partial charge >= 0.3 is 0 Å². The van der Waals surface area contributed by atoms with Crippen LogP contribution in [-0.4, -0.2) is 26.8 Å². The van der Waals surface area contributed by atoms with Crippen LogP contribution in [0.1, 0.15) is 12.0 Å². The summed E-state index contributed by atoms with van der Waals surface area (Å²) in [6, 6.07) is 20.3. The highest BCUT2D eigenvalue weighted by atomic mass is 32.2. The van der Waals surface area contributed by atoms with Crippen LogP contribution in [0.15, 0.2) is 83.8 Å². The van der Waals surface area contributed by atoms with Gasteiger partial charge in [0.1, 0.15) is 5.82 Å². The smallest absolute Gasteiger partial charge is 0.262 e. The summed E-state index contributed by atoms with van der Waals surface area (Å²) in [4.78, 5) is 24.0. The van der Waals surface area contributed by atoms with Crippen LogP contribution in [0.4, 0.5) is 15.8 Å². The zero-order valence-corrected chi connectivity index (χ0v) is 17.9. The van der Waals surface area contributed by atoms with Gasteiger partial charge in [-0.3, -0.25) is 14.3 Å². The second-order valence-corrected chi connectivity index (χ2v) is 8.61. The molecular weight excluding hydrogens is 433 g/mol. The first kappa shape index (κ1) is 23.0. The van der Waals surface area contributed by atoms with Crippen molar-refractivity contribution in [2.24, 2.45) is 0 Å². The lowest BCUT2D eigenvalue weighted by atomic mass is 10.1. The molecule has 0 saturated heterocycles. The van der Waals surface area contributed by atoms with E-state index in [4.69, 9.17) is 0 Å². The van der Waals surface area contributed by atoms with Crippen LogP contribution in [0.2, 0.25) is 0 Å². The Hall–Kier alpha value is -3.72. The fraction of sp³-hybridized carbons (Fsp3) is 0.130. The summed E-state index contributed by atoms with van der Waals surface area (Å²) in [7, 11) is -4.05. The minimum Gasteiger partial charge on any atom is -0.355 e. The molecule has 0 aliphatic carbocycles. The Morgan fingerprint density at radius 2 is 1.56 bits per heavy atom. The maximum Gasteiger partial charge on any atom is 0.262 e. The van der Waals surface area contributed by atoms with Gasteiger partial charge in [0.05, 0.1) is 17.0 Å². The number of hydrogen-bond acceptors (Lipinski definition) is 4. The summed E-state index contributed by atoms with van der Waals surface area (Å²) in [5.41, 5.74) is 0.965. The second kappa shape index (κ2) is 10.5. The average Bonchev–Trinajstić information content (AvgIpc) is 2.76. The predicted molar refractivity (Wildman–Crippen MR) is 120 cm³/mol. The van der Waals surface area contributed by atoms with Gasteiger partial charge in [0.25, 0.3) is 10.0 Å². The highest BCUT2D eigenvalue weighted by Crippen LogP contribution is 2.21. The van der Waals surface area contributed by atoms with Crippen LogP contribution >= 0.6 is 0 Å². The molecule has 3 N–H and O–H groups in total. The van der Waals surface area contributed by atoms with E-state index in [2.05, 4.69) is 15.4 Å². The molecule has 0 unspecified atom stereocenters. The lowest BCUT2D eigenvalue weighted by molar-refractivity contribution is -0.120. The van der Waals surface area contributed by atoms with Gasteiger partial charge in [0.2, 0.25) is 11.8 Å². The Kier molecular flexibility index (Phi) is 7.56. The third kappa shape index (κ3) is 6.64. The molecule has 3 rings (SSSR count). The standard InChI is InChI=1S/C23H22FN3O4S/c24-20-11-4-5-12-21(20)27-32(30,31)19-10-6-9-18(16-19)26-22(28)13-14-25-23(29)15-17-7-2-1-3-8-17/h1-12,16,27H,13-15H2,(H,25,29)(H,26,28). The third-order valence-electron chi connectivity index (χ3n) is 4.43. The van der Waals surface area contributed by atoms with Gasteiger partial charge in [-0.2, -0.15) is 0 Å². The van der Waals surface area contributed by atoms with E-state index in [0.717, 1.165) is 11.6 Å². The van der Waals surface area contributed by atoms with Crippen molar-refractivity contribution in [3.05, 3.63) is 90.2 Å². The van der Waals surface area contributed by atoms with Crippen molar-refractivity contribution in [2.45, 2.75) is 17.7 Å². The molecule has 0 bridgehead atoms. The van der Waals surface area contributed by atoms with E-state index in [1.165, 1.54) is 42.5 Å². The molecule has 0 radical (unpaired) electrons. The minimum absolute atomic E-state index is 0.0188. The van der Waals surface area contributed by atoms with Gasteiger partial charge in [0, 0.05) is 18.7 Å². The van der Waals surface area contributed by atoms with Crippen LogP contribution < -0.4 is 15.4 Å².